The van der Waals surface area contributed by atoms with Crippen molar-refractivity contribution in [3.8, 4) is 39.6 Å². The standard InChI is InChI=1S/C44H27N5/c1-2-11-28(12-3-1)33-18-9-21-39-41(33)36-25-30-13-4-5-14-31(30)26-40(36)49(39)44-47-38-20-7-6-17-35(38)43(48-44)32-22-23-37(46-27-32)34-19-8-15-29-16-10-24-45-42(29)34/h1-27H. The van der Waals surface area contributed by atoms with Gasteiger partial charge in [-0.2, -0.15) is 0 Å². The second-order valence-corrected chi connectivity index (χ2v) is 12.3. The van der Waals surface area contributed by atoms with Gasteiger partial charge in [0.05, 0.1) is 33.5 Å². The summed E-state index contributed by atoms with van der Waals surface area (Å²) in [5.74, 6) is 0.622. The highest BCUT2D eigenvalue weighted by Crippen LogP contribution is 2.40. The SMILES string of the molecule is c1ccc(-c2cccc3c2c2cc4ccccc4cc2n3-c2nc(-c3ccc(-c4cccc5cccnc45)nc3)c3ccccc3n2)cc1. The largest absolute Gasteiger partial charge is 0.278 e. The Hall–Kier alpha value is -6.72. The number of fused-ring (bicyclic) bond motifs is 6. The van der Waals surface area contributed by atoms with Crippen molar-refractivity contribution >= 4 is 54.4 Å². The molecule has 0 bridgehead atoms. The van der Waals surface area contributed by atoms with Crippen LogP contribution >= 0.6 is 0 Å². The van der Waals surface area contributed by atoms with Gasteiger partial charge < -0.3 is 0 Å². The van der Waals surface area contributed by atoms with Crippen LogP contribution in [0.1, 0.15) is 0 Å². The van der Waals surface area contributed by atoms with Crippen molar-refractivity contribution in [1.29, 1.82) is 0 Å². The molecule has 228 valence electrons. The molecule has 0 fully saturated rings. The van der Waals surface area contributed by atoms with E-state index in [2.05, 4.69) is 143 Å². The van der Waals surface area contributed by atoms with Gasteiger partial charge in [0.2, 0.25) is 5.95 Å². The average molecular weight is 626 g/mol. The first kappa shape index (κ1) is 27.4. The van der Waals surface area contributed by atoms with Crippen LogP contribution in [-0.4, -0.2) is 24.5 Å². The van der Waals surface area contributed by atoms with Crippen LogP contribution in [0.25, 0.3) is 94.0 Å². The molecule has 0 aliphatic carbocycles. The molecule has 0 aliphatic heterocycles. The normalized spacial score (nSPS) is 11.7. The summed E-state index contributed by atoms with van der Waals surface area (Å²) in [7, 11) is 0. The van der Waals surface area contributed by atoms with Gasteiger partial charge in [-0.25, -0.2) is 9.97 Å². The molecular formula is C44H27N5. The Morgan fingerprint density at radius 1 is 0.469 bits per heavy atom. The van der Waals surface area contributed by atoms with Crippen molar-refractivity contribution in [2.45, 2.75) is 0 Å². The second-order valence-electron chi connectivity index (χ2n) is 12.3. The van der Waals surface area contributed by atoms with Crippen LogP contribution in [0.5, 0.6) is 0 Å². The third-order valence-electron chi connectivity index (χ3n) is 9.48. The lowest BCUT2D eigenvalue weighted by atomic mass is 9.98. The number of hydrogen-bond acceptors (Lipinski definition) is 4. The Balaban J connectivity index is 1.22. The molecule has 4 aromatic heterocycles. The molecule has 0 saturated carbocycles. The highest BCUT2D eigenvalue weighted by molar-refractivity contribution is 6.18. The van der Waals surface area contributed by atoms with Crippen molar-refractivity contribution < 1.29 is 0 Å². The smallest absolute Gasteiger partial charge is 0.235 e. The molecule has 0 atom stereocenters. The summed E-state index contributed by atoms with van der Waals surface area (Å²) in [6.45, 7) is 0. The summed E-state index contributed by atoms with van der Waals surface area (Å²) in [6.07, 6.45) is 3.75. The first-order valence-corrected chi connectivity index (χ1v) is 16.4. The zero-order chi connectivity index (χ0) is 32.3. The van der Waals surface area contributed by atoms with Gasteiger partial charge in [0.1, 0.15) is 0 Å². The third kappa shape index (κ3) is 4.40. The number of rotatable bonds is 4. The molecular weight excluding hydrogens is 599 g/mol. The minimum absolute atomic E-state index is 0.622. The molecule has 6 aromatic carbocycles. The zero-order valence-corrected chi connectivity index (χ0v) is 26.3. The van der Waals surface area contributed by atoms with Crippen molar-refractivity contribution in [3.05, 3.63) is 164 Å². The molecule has 0 unspecified atom stereocenters. The van der Waals surface area contributed by atoms with Crippen LogP contribution in [0.4, 0.5) is 0 Å². The maximum atomic E-state index is 5.35. The quantitative estimate of drug-likeness (QED) is 0.195. The van der Waals surface area contributed by atoms with Crippen LogP contribution in [0.3, 0.4) is 0 Å². The third-order valence-corrected chi connectivity index (χ3v) is 9.48. The van der Waals surface area contributed by atoms with Crippen molar-refractivity contribution in [3.63, 3.8) is 0 Å². The Bertz CT molecular complexity index is 2870. The van der Waals surface area contributed by atoms with Gasteiger partial charge >= 0.3 is 0 Å². The van der Waals surface area contributed by atoms with E-state index in [4.69, 9.17) is 15.0 Å². The topological polar surface area (TPSA) is 56.5 Å². The maximum absolute atomic E-state index is 5.35. The maximum Gasteiger partial charge on any atom is 0.235 e. The zero-order valence-electron chi connectivity index (χ0n) is 26.3. The molecule has 4 heterocycles. The van der Waals surface area contributed by atoms with Crippen LogP contribution in [0.2, 0.25) is 0 Å². The molecule has 10 aromatic rings. The number of para-hydroxylation sites is 2. The number of aromatic nitrogens is 5. The number of hydrogen-bond donors (Lipinski definition) is 0. The van der Waals surface area contributed by atoms with Gasteiger partial charge in [0.15, 0.2) is 0 Å². The summed E-state index contributed by atoms with van der Waals surface area (Å²) in [5.41, 5.74) is 9.93. The van der Waals surface area contributed by atoms with E-state index in [1.807, 2.05) is 30.6 Å². The van der Waals surface area contributed by atoms with Crippen molar-refractivity contribution in [2.24, 2.45) is 0 Å². The lowest BCUT2D eigenvalue weighted by Gasteiger charge is -2.12. The van der Waals surface area contributed by atoms with Crippen molar-refractivity contribution in [2.75, 3.05) is 0 Å². The molecule has 0 spiro atoms. The molecule has 49 heavy (non-hydrogen) atoms. The van der Waals surface area contributed by atoms with E-state index in [1.165, 1.54) is 32.7 Å². The van der Waals surface area contributed by atoms with Gasteiger partial charge in [-0.15, -0.1) is 0 Å². The van der Waals surface area contributed by atoms with E-state index in [1.54, 1.807) is 0 Å². The monoisotopic (exact) mass is 625 g/mol. The predicted octanol–water partition coefficient (Wildman–Crippen LogP) is 10.8. The minimum Gasteiger partial charge on any atom is -0.278 e. The van der Waals surface area contributed by atoms with E-state index in [0.29, 0.717) is 5.95 Å². The molecule has 0 aliphatic rings. The first-order valence-electron chi connectivity index (χ1n) is 16.4. The van der Waals surface area contributed by atoms with E-state index in [0.717, 1.165) is 55.4 Å². The summed E-state index contributed by atoms with van der Waals surface area (Å²) >= 11 is 0. The average Bonchev–Trinajstić information content (AvgIpc) is 3.50. The lowest BCUT2D eigenvalue weighted by Crippen LogP contribution is -2.03. The molecule has 0 amide bonds. The van der Waals surface area contributed by atoms with Gasteiger partial charge in [0, 0.05) is 45.1 Å². The van der Waals surface area contributed by atoms with Gasteiger partial charge in [-0.05, 0) is 64.4 Å². The Morgan fingerprint density at radius 3 is 2.10 bits per heavy atom. The number of benzene rings is 6. The Morgan fingerprint density at radius 2 is 1.22 bits per heavy atom. The Kier molecular flexibility index (Phi) is 6.11. The second kappa shape index (κ2) is 10.9. The van der Waals surface area contributed by atoms with Gasteiger partial charge in [-0.3, -0.25) is 14.5 Å². The fourth-order valence-electron chi connectivity index (χ4n) is 7.22. The lowest BCUT2D eigenvalue weighted by molar-refractivity contribution is 1.01. The highest BCUT2D eigenvalue weighted by Gasteiger charge is 2.20. The summed E-state index contributed by atoms with van der Waals surface area (Å²) in [4.78, 5) is 20.2. The van der Waals surface area contributed by atoms with Crippen LogP contribution in [-0.2, 0) is 0 Å². The van der Waals surface area contributed by atoms with E-state index < -0.39 is 0 Å². The Labute approximate surface area is 281 Å². The van der Waals surface area contributed by atoms with E-state index in [-0.39, 0.29) is 0 Å². The van der Waals surface area contributed by atoms with Crippen LogP contribution in [0, 0.1) is 0 Å². The summed E-state index contributed by atoms with van der Waals surface area (Å²) in [5, 5.41) is 6.79. The molecule has 0 saturated heterocycles. The van der Waals surface area contributed by atoms with E-state index >= 15 is 0 Å². The summed E-state index contributed by atoms with van der Waals surface area (Å²) < 4.78 is 2.23. The fraction of sp³-hybridized carbons (Fsp3) is 0. The van der Waals surface area contributed by atoms with Crippen LogP contribution in [0.15, 0.2) is 164 Å². The molecule has 5 nitrogen and oxygen atoms in total. The fourth-order valence-corrected chi connectivity index (χ4v) is 7.22. The van der Waals surface area contributed by atoms with E-state index in [9.17, 15) is 0 Å². The van der Waals surface area contributed by atoms with Crippen LogP contribution < -0.4 is 0 Å². The predicted molar refractivity (Wildman–Crippen MR) is 201 cm³/mol. The molecule has 0 N–H and O–H groups in total. The first-order chi connectivity index (χ1) is 24.3. The molecule has 10 rings (SSSR count). The van der Waals surface area contributed by atoms with Crippen molar-refractivity contribution in [1.82, 2.24) is 24.5 Å². The number of nitrogens with zero attached hydrogens (tertiary/aromatic N) is 5. The minimum atomic E-state index is 0.622. The molecule has 5 heteroatoms. The summed E-state index contributed by atoms with van der Waals surface area (Å²) in [6, 6.07) is 52.9. The van der Waals surface area contributed by atoms with Gasteiger partial charge in [-0.1, -0.05) is 109 Å². The van der Waals surface area contributed by atoms with Gasteiger partial charge in [0.25, 0.3) is 0 Å². The number of pyridine rings is 2. The highest BCUT2D eigenvalue weighted by atomic mass is 15.2. The molecule has 0 radical (unpaired) electrons.